The lowest BCUT2D eigenvalue weighted by Gasteiger charge is -1.95. The minimum absolute atomic E-state index is 0.00806. The smallest absolute Gasteiger partial charge is 0.295 e. The molecule has 17 heavy (non-hydrogen) atoms. The van der Waals surface area contributed by atoms with Crippen LogP contribution < -0.4 is 5.32 Å². The van der Waals surface area contributed by atoms with Crippen LogP contribution in [-0.4, -0.2) is 16.5 Å². The summed E-state index contributed by atoms with van der Waals surface area (Å²) >= 11 is 0. The van der Waals surface area contributed by atoms with Crippen molar-refractivity contribution < 1.29 is 9.34 Å². The van der Waals surface area contributed by atoms with Crippen LogP contribution in [0, 0.1) is 10.1 Å². The molecule has 0 saturated heterocycles. The van der Waals surface area contributed by atoms with Crippen molar-refractivity contribution in [1.29, 1.82) is 0 Å². The van der Waals surface area contributed by atoms with Gasteiger partial charge in [0.1, 0.15) is 5.52 Å². The quantitative estimate of drug-likeness (QED) is 0.371. The zero-order chi connectivity index (χ0) is 12.3. The number of nitro benzene ring substituents is 1. The summed E-state index contributed by atoms with van der Waals surface area (Å²) in [6.45, 7) is 4.26. The van der Waals surface area contributed by atoms with Crippen molar-refractivity contribution in [3.63, 3.8) is 0 Å². The van der Waals surface area contributed by atoms with Gasteiger partial charge in [-0.05, 0) is 12.5 Å². The molecule has 0 amide bonds. The van der Waals surface area contributed by atoms with Gasteiger partial charge < -0.3 is 9.73 Å². The van der Waals surface area contributed by atoms with E-state index in [9.17, 15) is 10.1 Å². The number of non-ortho nitro benzene ring substituents is 1. The Balaban J connectivity index is 2.24. The van der Waals surface area contributed by atoms with E-state index in [1.54, 1.807) is 12.1 Å². The molecule has 1 aromatic heterocycles. The maximum Gasteiger partial charge on any atom is 0.295 e. The number of benzene rings is 1. The molecule has 0 aliphatic carbocycles. The van der Waals surface area contributed by atoms with Gasteiger partial charge in [0.15, 0.2) is 5.58 Å². The van der Waals surface area contributed by atoms with Crippen molar-refractivity contribution in [2.45, 2.75) is 6.42 Å². The van der Waals surface area contributed by atoms with Crippen LogP contribution in [0.15, 0.2) is 35.3 Å². The monoisotopic (exact) mass is 233 g/mol. The molecule has 0 atom stereocenters. The molecule has 0 radical (unpaired) electrons. The number of nitrogens with zero attached hydrogens (tertiary/aromatic N) is 2. The van der Waals surface area contributed by atoms with Crippen molar-refractivity contribution in [3.8, 4) is 0 Å². The number of anilines is 1. The molecule has 1 N–H and O–H groups in total. The van der Waals surface area contributed by atoms with Gasteiger partial charge in [-0.2, -0.15) is 4.98 Å². The van der Waals surface area contributed by atoms with Crippen LogP contribution in [0.25, 0.3) is 11.1 Å². The van der Waals surface area contributed by atoms with Crippen LogP contribution >= 0.6 is 0 Å². The normalized spacial score (nSPS) is 10.4. The molecule has 1 heterocycles. The topological polar surface area (TPSA) is 81.2 Å². The van der Waals surface area contributed by atoms with E-state index < -0.39 is 4.92 Å². The van der Waals surface area contributed by atoms with Gasteiger partial charge in [-0.15, -0.1) is 6.58 Å². The van der Waals surface area contributed by atoms with E-state index in [1.807, 2.05) is 0 Å². The second-order valence-electron chi connectivity index (χ2n) is 3.43. The van der Waals surface area contributed by atoms with Gasteiger partial charge in [0.25, 0.3) is 11.7 Å². The highest BCUT2D eigenvalue weighted by molar-refractivity contribution is 5.77. The first-order chi connectivity index (χ1) is 8.20. The van der Waals surface area contributed by atoms with Crippen molar-refractivity contribution in [1.82, 2.24) is 4.98 Å². The zero-order valence-corrected chi connectivity index (χ0v) is 9.05. The summed E-state index contributed by atoms with van der Waals surface area (Å²) in [6, 6.07) is 4.69. The fraction of sp³-hybridized carbons (Fsp3) is 0.182. The van der Waals surface area contributed by atoms with Crippen LogP contribution in [0.4, 0.5) is 11.7 Å². The first kappa shape index (κ1) is 11.1. The molecular weight excluding hydrogens is 222 g/mol. The van der Waals surface area contributed by atoms with Gasteiger partial charge in [-0.3, -0.25) is 10.1 Å². The van der Waals surface area contributed by atoms with E-state index in [4.69, 9.17) is 4.42 Å². The molecule has 88 valence electrons. The number of fused-ring (bicyclic) bond motifs is 1. The third kappa shape index (κ3) is 2.41. The predicted octanol–water partition coefficient (Wildman–Crippen LogP) is 2.72. The summed E-state index contributed by atoms with van der Waals surface area (Å²) in [6.07, 6.45) is 2.57. The zero-order valence-electron chi connectivity index (χ0n) is 9.05. The number of nitro groups is 1. The number of nitrogens with one attached hydrogen (secondary N) is 1. The van der Waals surface area contributed by atoms with Crippen LogP contribution in [0.1, 0.15) is 6.42 Å². The number of rotatable bonds is 5. The van der Waals surface area contributed by atoms with E-state index in [1.165, 1.54) is 12.1 Å². The first-order valence-corrected chi connectivity index (χ1v) is 5.10. The Hall–Kier alpha value is -2.37. The standard InChI is InChI=1S/C11H11N3O3/c1-2-3-6-12-11-13-9-5-4-8(14(15)16)7-10(9)17-11/h2,4-5,7H,1,3,6H2,(H,12,13). The Morgan fingerprint density at radius 2 is 2.41 bits per heavy atom. The van der Waals surface area contributed by atoms with Gasteiger partial charge in [0.2, 0.25) is 0 Å². The highest BCUT2D eigenvalue weighted by atomic mass is 16.6. The fourth-order valence-electron chi connectivity index (χ4n) is 1.38. The maximum atomic E-state index is 10.6. The van der Waals surface area contributed by atoms with E-state index in [-0.39, 0.29) is 5.69 Å². The highest BCUT2D eigenvalue weighted by Gasteiger charge is 2.10. The predicted molar refractivity (Wildman–Crippen MR) is 64.0 cm³/mol. The Morgan fingerprint density at radius 3 is 3.12 bits per heavy atom. The Morgan fingerprint density at radius 1 is 1.59 bits per heavy atom. The second-order valence-corrected chi connectivity index (χ2v) is 3.43. The largest absolute Gasteiger partial charge is 0.423 e. The van der Waals surface area contributed by atoms with Gasteiger partial charge in [0.05, 0.1) is 11.0 Å². The fourth-order valence-corrected chi connectivity index (χ4v) is 1.38. The SMILES string of the molecule is C=CCCNc1nc2ccc([N+](=O)[O-])cc2o1. The molecular formula is C11H11N3O3. The van der Waals surface area contributed by atoms with E-state index in [0.29, 0.717) is 23.7 Å². The van der Waals surface area contributed by atoms with Crippen LogP contribution in [0.2, 0.25) is 0 Å². The van der Waals surface area contributed by atoms with Crippen molar-refractivity contribution in [2.75, 3.05) is 11.9 Å². The van der Waals surface area contributed by atoms with Gasteiger partial charge in [-0.25, -0.2) is 0 Å². The molecule has 6 heteroatoms. The van der Waals surface area contributed by atoms with E-state index in [0.717, 1.165) is 6.42 Å². The summed E-state index contributed by atoms with van der Waals surface area (Å²) in [7, 11) is 0. The molecule has 2 aromatic rings. The molecule has 0 aliphatic heterocycles. The number of hydrogen-bond donors (Lipinski definition) is 1. The molecule has 0 unspecified atom stereocenters. The van der Waals surface area contributed by atoms with E-state index >= 15 is 0 Å². The average molecular weight is 233 g/mol. The third-order valence-electron chi connectivity index (χ3n) is 2.21. The number of aromatic nitrogens is 1. The minimum atomic E-state index is -0.466. The molecule has 1 aromatic carbocycles. The summed E-state index contributed by atoms with van der Waals surface area (Å²) in [5, 5.41) is 13.5. The van der Waals surface area contributed by atoms with Crippen LogP contribution in [-0.2, 0) is 0 Å². The lowest BCUT2D eigenvalue weighted by molar-refractivity contribution is -0.384. The first-order valence-electron chi connectivity index (χ1n) is 5.10. The maximum absolute atomic E-state index is 10.6. The van der Waals surface area contributed by atoms with Gasteiger partial charge in [-0.1, -0.05) is 6.08 Å². The molecule has 2 rings (SSSR count). The number of oxazole rings is 1. The van der Waals surface area contributed by atoms with Crippen molar-refractivity contribution in [2.24, 2.45) is 0 Å². The molecule has 0 aliphatic rings. The average Bonchev–Trinajstić information content (AvgIpc) is 2.70. The third-order valence-corrected chi connectivity index (χ3v) is 2.21. The Labute approximate surface area is 97.1 Å². The Bertz CT molecular complexity index is 562. The van der Waals surface area contributed by atoms with E-state index in [2.05, 4.69) is 16.9 Å². The lowest BCUT2D eigenvalue weighted by Crippen LogP contribution is -1.99. The molecule has 0 spiro atoms. The van der Waals surface area contributed by atoms with Crippen LogP contribution in [0.5, 0.6) is 0 Å². The Kier molecular flexibility index (Phi) is 3.04. The summed E-state index contributed by atoms with van der Waals surface area (Å²) in [4.78, 5) is 14.3. The molecule has 0 fully saturated rings. The minimum Gasteiger partial charge on any atom is -0.423 e. The highest BCUT2D eigenvalue weighted by Crippen LogP contribution is 2.23. The molecule has 0 bridgehead atoms. The number of hydrogen-bond acceptors (Lipinski definition) is 5. The van der Waals surface area contributed by atoms with Crippen molar-refractivity contribution in [3.05, 3.63) is 41.0 Å². The van der Waals surface area contributed by atoms with Crippen LogP contribution in [0.3, 0.4) is 0 Å². The summed E-state index contributed by atoms with van der Waals surface area (Å²) < 4.78 is 5.34. The van der Waals surface area contributed by atoms with Gasteiger partial charge >= 0.3 is 0 Å². The molecule has 0 saturated carbocycles. The lowest BCUT2D eigenvalue weighted by atomic mass is 10.3. The molecule has 6 nitrogen and oxygen atoms in total. The summed E-state index contributed by atoms with van der Waals surface area (Å²) in [5.41, 5.74) is 0.989. The van der Waals surface area contributed by atoms with Gasteiger partial charge in [0, 0.05) is 12.6 Å². The van der Waals surface area contributed by atoms with Crippen molar-refractivity contribution >= 4 is 22.8 Å². The summed E-state index contributed by atoms with van der Waals surface area (Å²) in [5.74, 6) is 0. The second kappa shape index (κ2) is 4.65.